The van der Waals surface area contributed by atoms with Crippen LogP contribution in [-0.2, 0) is 4.79 Å². The molecule has 2 aromatic carbocycles. The first-order valence-corrected chi connectivity index (χ1v) is 14.0. The van der Waals surface area contributed by atoms with E-state index < -0.39 is 28.0 Å². The van der Waals surface area contributed by atoms with E-state index in [2.05, 4.69) is 15.6 Å². The predicted octanol–water partition coefficient (Wildman–Crippen LogP) is 8.61. The molecule has 2 N–H and O–H groups in total. The smallest absolute Gasteiger partial charge is 0.259 e. The lowest BCUT2D eigenvalue weighted by molar-refractivity contribution is -0.117. The van der Waals surface area contributed by atoms with Crippen molar-refractivity contribution in [3.8, 4) is 10.6 Å². The number of thiazole rings is 1. The average molecular weight is 618 g/mol. The van der Waals surface area contributed by atoms with E-state index in [-0.39, 0.29) is 10.6 Å². The number of aromatic nitrogens is 1. The number of amides is 2. The molecule has 0 saturated heterocycles. The third kappa shape index (κ3) is 5.24. The van der Waals surface area contributed by atoms with Gasteiger partial charge in [0, 0.05) is 27.0 Å². The van der Waals surface area contributed by atoms with Gasteiger partial charge in [0.2, 0.25) is 5.91 Å². The first kappa shape index (κ1) is 25.8. The number of carbonyl (C=O) groups excluding carboxylic acids is 2. The Kier molecular flexibility index (Phi) is 7.26. The zero-order chi connectivity index (χ0) is 25.6. The average Bonchev–Trinajstić information content (AvgIpc) is 3.23. The van der Waals surface area contributed by atoms with Crippen LogP contribution in [0.5, 0.6) is 0 Å². The molecule has 2 aromatic heterocycles. The van der Waals surface area contributed by atoms with Crippen molar-refractivity contribution in [1.82, 2.24) is 4.98 Å². The second-order valence-electron chi connectivity index (χ2n) is 7.99. The summed E-state index contributed by atoms with van der Waals surface area (Å²) in [6, 6.07) is 13.4. The van der Waals surface area contributed by atoms with Crippen LogP contribution in [0, 0.1) is 5.92 Å². The molecule has 184 valence electrons. The van der Waals surface area contributed by atoms with E-state index in [0.717, 1.165) is 10.6 Å². The highest BCUT2D eigenvalue weighted by molar-refractivity contribution is 7.16. The Bertz CT molecular complexity index is 1450. The predicted molar refractivity (Wildman–Crippen MR) is 151 cm³/mol. The summed E-state index contributed by atoms with van der Waals surface area (Å²) >= 11 is 34.2. The second-order valence-corrected chi connectivity index (χ2v) is 12.5. The Hall–Kier alpha value is -1.84. The third-order valence-corrected chi connectivity index (χ3v) is 8.91. The molecule has 2 heterocycles. The molecule has 0 spiro atoms. The van der Waals surface area contributed by atoms with Crippen molar-refractivity contribution in [3.63, 3.8) is 0 Å². The molecule has 0 radical (unpaired) electrons. The summed E-state index contributed by atoms with van der Waals surface area (Å²) in [5.41, 5.74) is 1.99. The van der Waals surface area contributed by atoms with Crippen LogP contribution in [0.1, 0.15) is 21.8 Å². The maximum atomic E-state index is 13.0. The molecule has 0 bridgehead atoms. The molecule has 2 atom stereocenters. The highest BCUT2D eigenvalue weighted by atomic mass is 35.5. The maximum absolute atomic E-state index is 13.0. The van der Waals surface area contributed by atoms with Crippen molar-refractivity contribution >= 4 is 103 Å². The van der Waals surface area contributed by atoms with Crippen molar-refractivity contribution in [1.29, 1.82) is 0 Å². The first-order valence-electron chi connectivity index (χ1n) is 10.4. The topological polar surface area (TPSA) is 71.1 Å². The van der Waals surface area contributed by atoms with Crippen LogP contribution in [0.4, 0.5) is 10.8 Å². The van der Waals surface area contributed by atoms with Gasteiger partial charge in [0.25, 0.3) is 5.91 Å². The Balaban J connectivity index is 1.30. The minimum Gasteiger partial charge on any atom is -0.326 e. The Morgan fingerprint density at radius 2 is 1.69 bits per heavy atom. The first-order chi connectivity index (χ1) is 17.1. The van der Waals surface area contributed by atoms with E-state index in [1.54, 1.807) is 35.6 Å². The molecule has 1 saturated carbocycles. The van der Waals surface area contributed by atoms with E-state index in [4.69, 9.17) is 58.0 Å². The fourth-order valence-corrected chi connectivity index (χ4v) is 6.89. The molecule has 5 nitrogen and oxygen atoms in total. The highest BCUT2D eigenvalue weighted by Gasteiger charge is 2.67. The third-order valence-electron chi connectivity index (χ3n) is 5.56. The zero-order valence-electron chi connectivity index (χ0n) is 17.9. The Morgan fingerprint density at radius 3 is 2.39 bits per heavy atom. The summed E-state index contributed by atoms with van der Waals surface area (Å²) in [7, 11) is 0. The fourth-order valence-electron chi connectivity index (χ4n) is 3.85. The minimum atomic E-state index is -1.32. The molecule has 1 aliphatic carbocycles. The highest BCUT2D eigenvalue weighted by Crippen LogP contribution is 2.65. The number of benzene rings is 2. The van der Waals surface area contributed by atoms with Gasteiger partial charge >= 0.3 is 0 Å². The molecule has 4 aromatic rings. The second kappa shape index (κ2) is 10.1. The van der Waals surface area contributed by atoms with Gasteiger partial charge in [0.1, 0.15) is 4.33 Å². The van der Waals surface area contributed by atoms with E-state index in [1.807, 2.05) is 22.9 Å². The molecule has 0 aliphatic heterocycles. The van der Waals surface area contributed by atoms with Crippen LogP contribution >= 0.6 is 80.7 Å². The lowest BCUT2D eigenvalue weighted by Crippen LogP contribution is -2.18. The van der Waals surface area contributed by atoms with Gasteiger partial charge in [-0.05, 0) is 53.4 Å². The fraction of sp³-hybridized carbons (Fsp3) is 0.125. The van der Waals surface area contributed by atoms with Crippen molar-refractivity contribution in [3.05, 3.63) is 85.5 Å². The maximum Gasteiger partial charge on any atom is 0.259 e. The van der Waals surface area contributed by atoms with E-state index in [1.165, 1.54) is 23.5 Å². The lowest BCUT2D eigenvalue weighted by Gasteiger charge is -2.09. The SMILES string of the molecule is O=C(Nc1nc(-c2cccs2)cs1)c1cc(NC(=O)C2C(c3cc(Cl)cc(Cl)c3)C2(Cl)Cl)ccc1Cl. The summed E-state index contributed by atoms with van der Waals surface area (Å²) in [5.74, 6) is -2.09. The van der Waals surface area contributed by atoms with Gasteiger partial charge in [-0.2, -0.15) is 0 Å². The molecule has 5 rings (SSSR count). The van der Waals surface area contributed by atoms with Gasteiger partial charge in [-0.15, -0.1) is 45.9 Å². The number of alkyl halides is 2. The van der Waals surface area contributed by atoms with Gasteiger partial charge in [-0.25, -0.2) is 4.98 Å². The number of rotatable bonds is 6. The van der Waals surface area contributed by atoms with E-state index in [0.29, 0.717) is 26.4 Å². The molecule has 1 aliphatic rings. The number of nitrogens with one attached hydrogen (secondary N) is 2. The van der Waals surface area contributed by atoms with Crippen molar-refractivity contribution in [2.45, 2.75) is 10.3 Å². The van der Waals surface area contributed by atoms with Gasteiger partial charge in [-0.1, -0.05) is 40.9 Å². The summed E-state index contributed by atoms with van der Waals surface area (Å²) < 4.78 is -1.32. The summed E-state index contributed by atoms with van der Waals surface area (Å²) in [5, 5.41) is 10.9. The summed E-state index contributed by atoms with van der Waals surface area (Å²) in [6.45, 7) is 0. The van der Waals surface area contributed by atoms with Crippen LogP contribution in [0.25, 0.3) is 10.6 Å². The molecule has 36 heavy (non-hydrogen) atoms. The Morgan fingerprint density at radius 1 is 0.944 bits per heavy atom. The number of thiophene rings is 1. The van der Waals surface area contributed by atoms with E-state index >= 15 is 0 Å². The van der Waals surface area contributed by atoms with Gasteiger partial charge < -0.3 is 5.32 Å². The quantitative estimate of drug-likeness (QED) is 0.213. The van der Waals surface area contributed by atoms with Crippen molar-refractivity contribution < 1.29 is 9.59 Å². The van der Waals surface area contributed by atoms with Crippen LogP contribution < -0.4 is 10.6 Å². The van der Waals surface area contributed by atoms with Crippen LogP contribution in [-0.4, -0.2) is 21.1 Å². The monoisotopic (exact) mass is 615 g/mol. The molecular formula is C24H14Cl5N3O2S2. The number of carbonyl (C=O) groups is 2. The molecule has 12 heteroatoms. The molecular weight excluding hydrogens is 604 g/mol. The molecule has 2 unspecified atom stereocenters. The van der Waals surface area contributed by atoms with Crippen LogP contribution in [0.3, 0.4) is 0 Å². The number of hydrogen-bond donors (Lipinski definition) is 2. The summed E-state index contributed by atoms with van der Waals surface area (Å²) in [4.78, 5) is 31.4. The Labute approximate surface area is 239 Å². The lowest BCUT2D eigenvalue weighted by atomic mass is 10.1. The number of hydrogen-bond acceptors (Lipinski definition) is 5. The van der Waals surface area contributed by atoms with Gasteiger partial charge in [0.15, 0.2) is 5.13 Å². The van der Waals surface area contributed by atoms with Crippen molar-refractivity contribution in [2.75, 3.05) is 10.6 Å². The number of nitrogens with zero attached hydrogens (tertiary/aromatic N) is 1. The normalized spacial score (nSPS) is 18.0. The number of halogens is 5. The minimum absolute atomic E-state index is 0.180. The largest absolute Gasteiger partial charge is 0.326 e. The van der Waals surface area contributed by atoms with Crippen molar-refractivity contribution in [2.24, 2.45) is 5.92 Å². The van der Waals surface area contributed by atoms with Gasteiger partial charge in [0.05, 0.1) is 27.1 Å². The van der Waals surface area contributed by atoms with Gasteiger partial charge in [-0.3, -0.25) is 14.9 Å². The van der Waals surface area contributed by atoms with E-state index in [9.17, 15) is 9.59 Å². The molecule has 1 fully saturated rings. The van der Waals surface area contributed by atoms with Crippen LogP contribution in [0.15, 0.2) is 59.3 Å². The summed E-state index contributed by atoms with van der Waals surface area (Å²) in [6.07, 6.45) is 0. The zero-order valence-corrected chi connectivity index (χ0v) is 23.3. The molecule has 2 amide bonds. The van der Waals surface area contributed by atoms with Crippen LogP contribution in [0.2, 0.25) is 15.1 Å². The number of anilines is 2. The standard InChI is InChI=1S/C24H14Cl5N3O2S2/c25-12-6-11(7-13(26)8-12)19-20(24(19,28)29)22(34)30-14-3-4-16(27)15(9-14)21(33)32-23-31-17(10-36-23)18-2-1-5-35-18/h1-10,19-20H,(H,30,34)(H,31,32,33).